The monoisotopic (exact) mass is 436 g/mol. The number of hydrogen-bond acceptors (Lipinski definition) is 3. The van der Waals surface area contributed by atoms with Gasteiger partial charge in [-0.15, -0.1) is 0 Å². The number of fused-ring (bicyclic) bond motifs is 2. The van der Waals surface area contributed by atoms with E-state index in [0.717, 1.165) is 33.5 Å². The Hall–Kier alpha value is -4.19. The van der Waals surface area contributed by atoms with Crippen LogP contribution in [0.3, 0.4) is 0 Å². The van der Waals surface area contributed by atoms with Gasteiger partial charge in [0.2, 0.25) is 5.91 Å². The van der Waals surface area contributed by atoms with Crippen molar-refractivity contribution in [2.75, 3.05) is 5.32 Å². The van der Waals surface area contributed by atoms with Gasteiger partial charge in [-0.2, -0.15) is 5.10 Å². The van der Waals surface area contributed by atoms with E-state index in [9.17, 15) is 9.59 Å². The van der Waals surface area contributed by atoms with E-state index >= 15 is 0 Å². The summed E-state index contributed by atoms with van der Waals surface area (Å²) in [5, 5.41) is 8.81. The number of nitrogens with zero attached hydrogens (tertiary/aromatic N) is 3. The van der Waals surface area contributed by atoms with Crippen molar-refractivity contribution in [1.29, 1.82) is 0 Å². The van der Waals surface area contributed by atoms with E-state index in [-0.39, 0.29) is 17.9 Å². The zero-order chi connectivity index (χ0) is 23.1. The van der Waals surface area contributed by atoms with Gasteiger partial charge in [0.15, 0.2) is 5.43 Å². The van der Waals surface area contributed by atoms with Gasteiger partial charge >= 0.3 is 0 Å². The predicted molar refractivity (Wildman–Crippen MR) is 132 cm³/mol. The lowest BCUT2D eigenvalue weighted by Gasteiger charge is -2.15. The summed E-state index contributed by atoms with van der Waals surface area (Å²) in [5.41, 5.74) is 5.40. The fourth-order valence-corrected chi connectivity index (χ4v) is 4.43. The first-order valence-corrected chi connectivity index (χ1v) is 10.9. The third-order valence-corrected chi connectivity index (χ3v) is 5.73. The highest BCUT2D eigenvalue weighted by Crippen LogP contribution is 2.22. The molecule has 0 aliphatic heterocycles. The van der Waals surface area contributed by atoms with E-state index < -0.39 is 0 Å². The Morgan fingerprint density at radius 2 is 1.42 bits per heavy atom. The van der Waals surface area contributed by atoms with Crippen LogP contribution in [0.1, 0.15) is 16.8 Å². The van der Waals surface area contributed by atoms with Crippen molar-refractivity contribution in [2.24, 2.45) is 0 Å². The van der Waals surface area contributed by atoms with Gasteiger partial charge in [-0.25, -0.2) is 4.68 Å². The molecule has 0 spiro atoms. The molecule has 1 amide bonds. The van der Waals surface area contributed by atoms with Crippen molar-refractivity contribution in [3.8, 4) is 5.69 Å². The Kier molecular flexibility index (Phi) is 5.05. The molecule has 33 heavy (non-hydrogen) atoms. The molecule has 164 valence electrons. The molecule has 2 heterocycles. The third-order valence-electron chi connectivity index (χ3n) is 5.73. The number of carbonyl (C=O) groups is 1. The highest BCUT2D eigenvalue weighted by atomic mass is 16.2. The van der Waals surface area contributed by atoms with Crippen LogP contribution in [0.25, 0.3) is 27.5 Å². The molecule has 0 atom stereocenters. The molecule has 0 bridgehead atoms. The van der Waals surface area contributed by atoms with Crippen LogP contribution in [0, 0.1) is 20.8 Å². The normalized spacial score (nSPS) is 11.2. The number of aryl methyl sites for hydroxylation is 3. The number of anilines is 1. The number of amides is 1. The lowest BCUT2D eigenvalue weighted by Crippen LogP contribution is -2.22. The molecule has 1 N–H and O–H groups in total. The molecule has 5 aromatic rings. The lowest BCUT2D eigenvalue weighted by atomic mass is 10.1. The number of carbonyl (C=O) groups excluding carboxylic acids is 1. The summed E-state index contributed by atoms with van der Waals surface area (Å²) in [6.45, 7) is 6.05. The topological polar surface area (TPSA) is 68.9 Å². The number of aromatic nitrogens is 3. The third kappa shape index (κ3) is 3.80. The van der Waals surface area contributed by atoms with Crippen molar-refractivity contribution in [3.63, 3.8) is 0 Å². The smallest absolute Gasteiger partial charge is 0.245 e. The molecule has 0 fully saturated rings. The van der Waals surface area contributed by atoms with E-state index in [0.29, 0.717) is 16.6 Å². The molecule has 2 aromatic heterocycles. The van der Waals surface area contributed by atoms with Crippen molar-refractivity contribution in [3.05, 3.63) is 99.8 Å². The minimum absolute atomic E-state index is 0.0265. The fourth-order valence-electron chi connectivity index (χ4n) is 4.43. The van der Waals surface area contributed by atoms with Gasteiger partial charge in [0.05, 0.1) is 22.4 Å². The van der Waals surface area contributed by atoms with Crippen LogP contribution in [0.5, 0.6) is 0 Å². The Balaban J connectivity index is 1.55. The molecule has 0 saturated heterocycles. The van der Waals surface area contributed by atoms with Gasteiger partial charge < -0.3 is 9.88 Å². The Labute approximate surface area is 191 Å². The first-order valence-electron chi connectivity index (χ1n) is 10.9. The average Bonchev–Trinajstić information content (AvgIpc) is 3.16. The fraction of sp³-hybridized carbons (Fsp3) is 0.148. The summed E-state index contributed by atoms with van der Waals surface area (Å²) in [6.07, 6.45) is 0. The van der Waals surface area contributed by atoms with Crippen LogP contribution in [-0.4, -0.2) is 20.3 Å². The van der Waals surface area contributed by atoms with E-state index in [1.165, 1.54) is 0 Å². The molecule has 0 saturated carbocycles. The van der Waals surface area contributed by atoms with Crippen LogP contribution >= 0.6 is 0 Å². The minimum Gasteiger partial charge on any atom is -0.331 e. The van der Waals surface area contributed by atoms with Gasteiger partial charge in [0, 0.05) is 16.8 Å². The zero-order valence-corrected chi connectivity index (χ0v) is 18.8. The van der Waals surface area contributed by atoms with Crippen LogP contribution in [0.4, 0.5) is 5.82 Å². The Bertz CT molecular complexity index is 1510. The summed E-state index contributed by atoms with van der Waals surface area (Å²) in [7, 11) is 0. The summed E-state index contributed by atoms with van der Waals surface area (Å²) in [4.78, 5) is 26.2. The first kappa shape index (κ1) is 20.7. The molecule has 6 heteroatoms. The largest absolute Gasteiger partial charge is 0.331 e. The van der Waals surface area contributed by atoms with E-state index in [2.05, 4.69) is 16.5 Å². The van der Waals surface area contributed by atoms with Crippen molar-refractivity contribution >= 4 is 33.5 Å². The van der Waals surface area contributed by atoms with Crippen LogP contribution < -0.4 is 10.7 Å². The van der Waals surface area contributed by atoms with Gasteiger partial charge in [-0.1, -0.05) is 30.3 Å². The molecule has 3 aromatic carbocycles. The van der Waals surface area contributed by atoms with Crippen LogP contribution in [0.15, 0.2) is 77.6 Å². The number of pyridine rings is 1. The minimum atomic E-state index is -0.195. The SMILES string of the molecule is Cc1cc(C)cc(-n2nc(C)cc2NC(=O)Cn2c3ccccc3c(=O)c3ccccc32)c1. The predicted octanol–water partition coefficient (Wildman–Crippen LogP) is 4.90. The second-order valence-corrected chi connectivity index (χ2v) is 8.43. The van der Waals surface area contributed by atoms with Crippen molar-refractivity contribution in [1.82, 2.24) is 14.3 Å². The first-order chi connectivity index (χ1) is 15.9. The number of hydrogen-bond donors (Lipinski definition) is 1. The number of nitrogens with one attached hydrogen (secondary N) is 1. The number of benzene rings is 3. The highest BCUT2D eigenvalue weighted by Gasteiger charge is 2.15. The van der Waals surface area contributed by atoms with Gasteiger partial charge in [-0.05, 0) is 68.3 Å². The molecule has 0 aliphatic carbocycles. The molecule has 0 aliphatic rings. The van der Waals surface area contributed by atoms with Crippen molar-refractivity contribution < 1.29 is 4.79 Å². The van der Waals surface area contributed by atoms with Crippen LogP contribution in [-0.2, 0) is 11.3 Å². The standard InChI is InChI=1S/C27H24N4O2/c1-17-12-18(2)14-20(13-17)31-25(15-19(3)29-31)28-26(32)16-30-23-10-6-4-8-21(23)27(33)22-9-5-7-11-24(22)30/h4-15H,16H2,1-3H3,(H,28,32). The molecule has 5 rings (SSSR count). The second-order valence-electron chi connectivity index (χ2n) is 8.43. The Morgan fingerprint density at radius 3 is 2.03 bits per heavy atom. The maximum absolute atomic E-state index is 13.2. The van der Waals surface area contributed by atoms with Gasteiger partial charge in [0.1, 0.15) is 12.4 Å². The van der Waals surface area contributed by atoms with Gasteiger partial charge in [-0.3, -0.25) is 9.59 Å². The molecular formula is C27H24N4O2. The van der Waals surface area contributed by atoms with Crippen LogP contribution in [0.2, 0.25) is 0 Å². The lowest BCUT2D eigenvalue weighted by molar-refractivity contribution is -0.116. The van der Waals surface area contributed by atoms with E-state index in [4.69, 9.17) is 0 Å². The molecule has 0 unspecified atom stereocenters. The summed E-state index contributed by atoms with van der Waals surface area (Å²) in [6, 6.07) is 22.8. The zero-order valence-electron chi connectivity index (χ0n) is 18.8. The van der Waals surface area contributed by atoms with E-state index in [1.54, 1.807) is 16.8 Å². The van der Waals surface area contributed by atoms with E-state index in [1.807, 2.05) is 79.9 Å². The highest BCUT2D eigenvalue weighted by molar-refractivity contribution is 5.97. The summed E-state index contributed by atoms with van der Waals surface area (Å²) >= 11 is 0. The summed E-state index contributed by atoms with van der Waals surface area (Å²) < 4.78 is 3.65. The second kappa shape index (κ2) is 8.06. The number of rotatable bonds is 4. The molecular weight excluding hydrogens is 412 g/mol. The molecule has 0 radical (unpaired) electrons. The quantitative estimate of drug-likeness (QED) is 0.407. The maximum atomic E-state index is 13.2. The maximum Gasteiger partial charge on any atom is 0.245 e. The summed E-state index contributed by atoms with van der Waals surface area (Å²) in [5.74, 6) is 0.414. The number of para-hydroxylation sites is 2. The Morgan fingerprint density at radius 1 is 0.848 bits per heavy atom. The average molecular weight is 437 g/mol. The van der Waals surface area contributed by atoms with Crippen molar-refractivity contribution in [2.45, 2.75) is 27.3 Å². The molecule has 6 nitrogen and oxygen atoms in total. The van der Waals surface area contributed by atoms with Gasteiger partial charge in [0.25, 0.3) is 0 Å².